The van der Waals surface area contributed by atoms with Gasteiger partial charge in [-0.1, -0.05) is 13.8 Å². The molecule has 0 fully saturated rings. The van der Waals surface area contributed by atoms with Crippen molar-refractivity contribution in [3.05, 3.63) is 29.6 Å². The van der Waals surface area contributed by atoms with Crippen LogP contribution in [0.15, 0.2) is 18.3 Å². The zero-order valence-corrected chi connectivity index (χ0v) is 9.61. The van der Waals surface area contributed by atoms with Crippen LogP contribution in [0.5, 0.6) is 0 Å². The third kappa shape index (κ3) is 2.06. The fourth-order valence-corrected chi connectivity index (χ4v) is 1.53. The second-order valence-electron chi connectivity index (χ2n) is 3.15. The standard InChI is InChI=1S/C10H10N2O.C2H6/c1-7-5-12(2)10-9(7)4-3-8(6-13)11-10;1-2/h3-6H,1-2H3;1-2H3. The molecular weight excluding hydrogens is 188 g/mol. The third-order valence-corrected chi connectivity index (χ3v) is 2.16. The molecule has 2 rings (SSSR count). The summed E-state index contributed by atoms with van der Waals surface area (Å²) in [4.78, 5) is 14.7. The number of nitrogens with zero attached hydrogens (tertiary/aromatic N) is 2. The molecule has 3 nitrogen and oxygen atoms in total. The average molecular weight is 204 g/mol. The lowest BCUT2D eigenvalue weighted by atomic mass is 10.2. The van der Waals surface area contributed by atoms with Gasteiger partial charge in [-0.15, -0.1) is 0 Å². The number of rotatable bonds is 1. The van der Waals surface area contributed by atoms with Crippen LogP contribution >= 0.6 is 0 Å². The minimum Gasteiger partial charge on any atom is -0.335 e. The van der Waals surface area contributed by atoms with Crippen LogP contribution in [0.4, 0.5) is 0 Å². The summed E-state index contributed by atoms with van der Waals surface area (Å²) in [6, 6.07) is 3.67. The molecule has 0 amide bonds. The average Bonchev–Trinajstić information content (AvgIpc) is 2.57. The Balaban J connectivity index is 0.000000531. The molecule has 0 aromatic carbocycles. The lowest BCUT2D eigenvalue weighted by Crippen LogP contribution is -1.91. The molecule has 2 heterocycles. The molecule has 0 aliphatic rings. The first-order valence-electron chi connectivity index (χ1n) is 5.10. The van der Waals surface area contributed by atoms with Crippen molar-refractivity contribution in [1.29, 1.82) is 0 Å². The molecular formula is C12H16N2O. The smallest absolute Gasteiger partial charge is 0.168 e. The van der Waals surface area contributed by atoms with E-state index in [-0.39, 0.29) is 0 Å². The van der Waals surface area contributed by atoms with Crippen LogP contribution in [0, 0.1) is 6.92 Å². The van der Waals surface area contributed by atoms with E-state index in [0.717, 1.165) is 17.3 Å². The van der Waals surface area contributed by atoms with Crippen molar-refractivity contribution in [1.82, 2.24) is 9.55 Å². The normalized spacial score (nSPS) is 9.60. The zero-order chi connectivity index (χ0) is 11.4. The van der Waals surface area contributed by atoms with E-state index in [4.69, 9.17) is 0 Å². The monoisotopic (exact) mass is 204 g/mol. The largest absolute Gasteiger partial charge is 0.335 e. The summed E-state index contributed by atoms with van der Waals surface area (Å²) in [7, 11) is 1.93. The number of pyridine rings is 1. The number of aromatic nitrogens is 2. The van der Waals surface area contributed by atoms with E-state index in [1.165, 1.54) is 5.56 Å². The molecule has 0 aliphatic heterocycles. The fourth-order valence-electron chi connectivity index (χ4n) is 1.53. The first kappa shape index (κ1) is 11.4. The van der Waals surface area contributed by atoms with Crippen LogP contribution in [0.3, 0.4) is 0 Å². The SMILES string of the molecule is CC.Cc1cn(C)c2nc(C=O)ccc12. The predicted molar refractivity (Wildman–Crippen MR) is 62.2 cm³/mol. The molecule has 15 heavy (non-hydrogen) atoms. The molecule has 0 saturated carbocycles. The second kappa shape index (κ2) is 4.73. The molecule has 0 atom stereocenters. The minimum absolute atomic E-state index is 0.480. The summed E-state index contributed by atoms with van der Waals surface area (Å²) >= 11 is 0. The van der Waals surface area contributed by atoms with Crippen molar-refractivity contribution in [2.24, 2.45) is 7.05 Å². The Labute approximate surface area is 89.7 Å². The van der Waals surface area contributed by atoms with E-state index in [0.29, 0.717) is 5.69 Å². The van der Waals surface area contributed by atoms with Crippen molar-refractivity contribution in [2.75, 3.05) is 0 Å². The highest BCUT2D eigenvalue weighted by molar-refractivity contribution is 5.84. The van der Waals surface area contributed by atoms with Crippen molar-refractivity contribution >= 4 is 17.3 Å². The Kier molecular flexibility index (Phi) is 3.61. The summed E-state index contributed by atoms with van der Waals surface area (Å²) < 4.78 is 1.93. The molecule has 0 spiro atoms. The maximum atomic E-state index is 10.5. The predicted octanol–water partition coefficient (Wildman–Crippen LogP) is 2.72. The minimum atomic E-state index is 0.480. The maximum Gasteiger partial charge on any atom is 0.168 e. The maximum absolute atomic E-state index is 10.5. The first-order chi connectivity index (χ1) is 7.22. The highest BCUT2D eigenvalue weighted by Crippen LogP contribution is 2.17. The molecule has 0 radical (unpaired) electrons. The highest BCUT2D eigenvalue weighted by Gasteiger charge is 2.04. The fraction of sp³-hybridized carbons (Fsp3) is 0.333. The van der Waals surface area contributed by atoms with E-state index in [1.807, 2.05) is 44.6 Å². The highest BCUT2D eigenvalue weighted by atomic mass is 16.1. The zero-order valence-electron chi connectivity index (χ0n) is 9.61. The molecule has 0 bridgehead atoms. The van der Waals surface area contributed by atoms with Crippen molar-refractivity contribution in [3.8, 4) is 0 Å². The van der Waals surface area contributed by atoms with Crippen LogP contribution < -0.4 is 0 Å². The van der Waals surface area contributed by atoms with Gasteiger partial charge in [0.05, 0.1) is 0 Å². The van der Waals surface area contributed by atoms with Crippen molar-refractivity contribution in [2.45, 2.75) is 20.8 Å². The van der Waals surface area contributed by atoms with Crippen LogP contribution in [0.1, 0.15) is 29.9 Å². The van der Waals surface area contributed by atoms with Gasteiger partial charge in [-0.3, -0.25) is 4.79 Å². The van der Waals surface area contributed by atoms with Crippen LogP contribution in [0.2, 0.25) is 0 Å². The van der Waals surface area contributed by atoms with Crippen molar-refractivity contribution < 1.29 is 4.79 Å². The van der Waals surface area contributed by atoms with Gasteiger partial charge in [0.1, 0.15) is 11.3 Å². The second-order valence-corrected chi connectivity index (χ2v) is 3.15. The molecule has 2 aromatic heterocycles. The van der Waals surface area contributed by atoms with Gasteiger partial charge in [0, 0.05) is 18.6 Å². The molecule has 3 heteroatoms. The number of fused-ring (bicyclic) bond motifs is 1. The van der Waals surface area contributed by atoms with Crippen LogP contribution in [-0.2, 0) is 7.05 Å². The van der Waals surface area contributed by atoms with E-state index >= 15 is 0 Å². The Hall–Kier alpha value is -1.64. The quantitative estimate of drug-likeness (QED) is 0.669. The van der Waals surface area contributed by atoms with Gasteiger partial charge in [0.15, 0.2) is 6.29 Å². The lowest BCUT2D eigenvalue weighted by Gasteiger charge is -1.95. The number of aryl methyl sites for hydroxylation is 2. The summed E-state index contributed by atoms with van der Waals surface area (Å²) in [6.07, 6.45) is 2.77. The van der Waals surface area contributed by atoms with Gasteiger partial charge in [0.25, 0.3) is 0 Å². The van der Waals surface area contributed by atoms with E-state index in [1.54, 1.807) is 6.07 Å². The van der Waals surface area contributed by atoms with Crippen LogP contribution in [-0.4, -0.2) is 15.8 Å². The molecule has 80 valence electrons. The Morgan fingerprint density at radius 2 is 2.00 bits per heavy atom. The third-order valence-electron chi connectivity index (χ3n) is 2.16. The summed E-state index contributed by atoms with van der Waals surface area (Å²) in [6.45, 7) is 6.03. The number of carbonyl (C=O) groups excluding carboxylic acids is 1. The van der Waals surface area contributed by atoms with Gasteiger partial charge in [-0.25, -0.2) is 4.98 Å². The van der Waals surface area contributed by atoms with Gasteiger partial charge in [-0.05, 0) is 24.6 Å². The Bertz CT molecular complexity index is 472. The summed E-state index contributed by atoms with van der Waals surface area (Å²) in [5.41, 5.74) is 2.53. The van der Waals surface area contributed by atoms with Crippen molar-refractivity contribution in [3.63, 3.8) is 0 Å². The van der Waals surface area contributed by atoms with Crippen LogP contribution in [0.25, 0.3) is 11.0 Å². The molecule has 2 aromatic rings. The Morgan fingerprint density at radius 1 is 1.33 bits per heavy atom. The molecule has 0 aliphatic carbocycles. The number of hydrogen-bond acceptors (Lipinski definition) is 2. The first-order valence-corrected chi connectivity index (χ1v) is 5.10. The summed E-state index contributed by atoms with van der Waals surface area (Å²) in [5.74, 6) is 0. The lowest BCUT2D eigenvalue weighted by molar-refractivity contribution is 0.111. The summed E-state index contributed by atoms with van der Waals surface area (Å²) in [5, 5.41) is 1.10. The van der Waals surface area contributed by atoms with Gasteiger partial charge in [0.2, 0.25) is 0 Å². The van der Waals surface area contributed by atoms with Gasteiger partial charge >= 0.3 is 0 Å². The number of carbonyl (C=O) groups is 1. The van der Waals surface area contributed by atoms with E-state index in [2.05, 4.69) is 4.98 Å². The molecule has 0 N–H and O–H groups in total. The molecule has 0 saturated heterocycles. The topological polar surface area (TPSA) is 34.9 Å². The number of hydrogen-bond donors (Lipinski definition) is 0. The molecule has 0 unspecified atom stereocenters. The number of aldehydes is 1. The van der Waals surface area contributed by atoms with E-state index < -0.39 is 0 Å². The van der Waals surface area contributed by atoms with Gasteiger partial charge < -0.3 is 4.57 Å². The Morgan fingerprint density at radius 3 is 2.60 bits per heavy atom. The van der Waals surface area contributed by atoms with Gasteiger partial charge in [-0.2, -0.15) is 0 Å². The van der Waals surface area contributed by atoms with E-state index in [9.17, 15) is 4.79 Å².